The number of hydrogen-bond donors (Lipinski definition) is 1. The number of aliphatic carboxylic acids is 1. The number of carbonyl (C=O) groups is 2. The molecule has 0 saturated heterocycles. The number of para-hydroxylation sites is 1. The normalized spacial score (nSPS) is 14.8. The average molecular weight is 480 g/mol. The Morgan fingerprint density at radius 2 is 1.77 bits per heavy atom. The minimum atomic E-state index is -1.15. The molecule has 1 unspecified atom stereocenters. The van der Waals surface area contributed by atoms with Crippen LogP contribution in [0.25, 0.3) is 0 Å². The second-order valence-electron chi connectivity index (χ2n) is 8.11. The number of hydrogen-bond acceptors (Lipinski definition) is 5. The number of rotatable bonds is 9. The van der Waals surface area contributed by atoms with Crippen molar-refractivity contribution in [2.75, 3.05) is 26.9 Å². The fourth-order valence-corrected chi connectivity index (χ4v) is 4.33. The van der Waals surface area contributed by atoms with Crippen molar-refractivity contribution in [3.05, 3.63) is 94.8 Å². The van der Waals surface area contributed by atoms with Crippen LogP contribution in [0.2, 0.25) is 0 Å². The summed E-state index contributed by atoms with van der Waals surface area (Å²) < 4.78 is 30.9. The molecule has 0 aliphatic carbocycles. The number of carboxylic acid groups (broad SMARTS) is 1. The van der Waals surface area contributed by atoms with Gasteiger partial charge < -0.3 is 24.2 Å². The van der Waals surface area contributed by atoms with E-state index in [0.717, 1.165) is 16.7 Å². The van der Waals surface area contributed by atoms with Gasteiger partial charge in [-0.1, -0.05) is 42.5 Å². The molecule has 3 aromatic rings. The maximum Gasteiger partial charge on any atom is 0.341 e. The second-order valence-corrected chi connectivity index (χ2v) is 8.11. The Hall–Kier alpha value is -3.91. The van der Waals surface area contributed by atoms with Crippen LogP contribution in [0.5, 0.6) is 11.5 Å². The Morgan fingerprint density at radius 1 is 1.00 bits per heavy atom. The smallest absolute Gasteiger partial charge is 0.341 e. The van der Waals surface area contributed by atoms with Crippen molar-refractivity contribution >= 4 is 11.9 Å². The Balaban J connectivity index is 1.61. The highest BCUT2D eigenvalue weighted by Gasteiger charge is 2.34. The standard InChI is InChI=1S/C27H26FNO6/c1-33-23-9-5-3-7-19(23)15-34-16-25(30)29-13-12-18-6-2-4-8-21(18)27(29)22-14-20(28)10-11-24(22)35-17-26(31)32/h2-11,14,27H,12-13,15-17H2,1H3,(H,31,32). The lowest BCUT2D eigenvalue weighted by Crippen LogP contribution is -2.42. The highest BCUT2D eigenvalue weighted by atomic mass is 19.1. The maximum atomic E-state index is 14.4. The number of benzene rings is 3. The van der Waals surface area contributed by atoms with Crippen LogP contribution in [0, 0.1) is 5.82 Å². The molecule has 8 heteroatoms. The van der Waals surface area contributed by atoms with E-state index in [4.69, 9.17) is 19.3 Å². The first-order valence-electron chi connectivity index (χ1n) is 11.2. The third-order valence-corrected chi connectivity index (χ3v) is 5.90. The summed E-state index contributed by atoms with van der Waals surface area (Å²) in [6.45, 7) is -0.175. The van der Waals surface area contributed by atoms with E-state index in [1.165, 1.54) is 18.2 Å². The van der Waals surface area contributed by atoms with E-state index in [0.29, 0.717) is 24.3 Å². The van der Waals surface area contributed by atoms with E-state index >= 15 is 0 Å². The van der Waals surface area contributed by atoms with E-state index in [9.17, 15) is 14.0 Å². The molecule has 0 radical (unpaired) electrons. The minimum Gasteiger partial charge on any atom is -0.496 e. The van der Waals surface area contributed by atoms with Gasteiger partial charge in [0.1, 0.15) is 23.9 Å². The maximum absolute atomic E-state index is 14.4. The molecule has 4 rings (SSSR count). The Labute approximate surface area is 202 Å². The zero-order chi connectivity index (χ0) is 24.8. The topological polar surface area (TPSA) is 85.3 Å². The summed E-state index contributed by atoms with van der Waals surface area (Å²) in [5.74, 6) is -1.05. The molecule has 1 aliphatic heterocycles. The van der Waals surface area contributed by atoms with E-state index in [2.05, 4.69) is 0 Å². The van der Waals surface area contributed by atoms with Crippen LogP contribution < -0.4 is 9.47 Å². The largest absolute Gasteiger partial charge is 0.496 e. The van der Waals surface area contributed by atoms with Crippen LogP contribution in [-0.2, 0) is 27.4 Å². The molecule has 35 heavy (non-hydrogen) atoms. The number of halogens is 1. The van der Waals surface area contributed by atoms with Crippen LogP contribution in [0.3, 0.4) is 0 Å². The summed E-state index contributed by atoms with van der Waals surface area (Å²) in [5, 5.41) is 9.07. The summed E-state index contributed by atoms with van der Waals surface area (Å²) in [6.07, 6.45) is 0.631. The first kappa shape index (κ1) is 24.2. The van der Waals surface area contributed by atoms with Crippen LogP contribution in [0.1, 0.15) is 28.3 Å². The fourth-order valence-electron chi connectivity index (χ4n) is 4.33. The number of nitrogens with zero attached hydrogens (tertiary/aromatic N) is 1. The molecule has 0 fully saturated rings. The number of amides is 1. The molecule has 0 aromatic heterocycles. The van der Waals surface area contributed by atoms with Crippen LogP contribution >= 0.6 is 0 Å². The molecule has 1 amide bonds. The molecule has 7 nitrogen and oxygen atoms in total. The Kier molecular flexibility index (Phi) is 7.62. The van der Waals surface area contributed by atoms with E-state index in [-0.39, 0.29) is 24.9 Å². The van der Waals surface area contributed by atoms with Gasteiger partial charge in [-0.25, -0.2) is 9.18 Å². The highest BCUT2D eigenvalue weighted by Crippen LogP contribution is 2.39. The molecule has 0 spiro atoms. The molecule has 0 bridgehead atoms. The second kappa shape index (κ2) is 11.0. The van der Waals surface area contributed by atoms with Crippen LogP contribution in [0.4, 0.5) is 4.39 Å². The number of methoxy groups -OCH3 is 1. The summed E-state index contributed by atoms with van der Waals surface area (Å²) in [7, 11) is 1.57. The van der Waals surface area contributed by atoms with Crippen molar-refractivity contribution in [1.29, 1.82) is 0 Å². The lowest BCUT2D eigenvalue weighted by atomic mass is 9.87. The molecule has 1 N–H and O–H groups in total. The molecule has 1 heterocycles. The number of fused-ring (bicyclic) bond motifs is 1. The molecule has 1 atom stereocenters. The van der Waals surface area contributed by atoms with Gasteiger partial charge in [0, 0.05) is 17.7 Å². The molecule has 1 aliphatic rings. The van der Waals surface area contributed by atoms with Gasteiger partial charge in [-0.05, 0) is 41.8 Å². The predicted molar refractivity (Wildman–Crippen MR) is 126 cm³/mol. The van der Waals surface area contributed by atoms with Crippen LogP contribution in [0.15, 0.2) is 66.7 Å². The van der Waals surface area contributed by atoms with Gasteiger partial charge >= 0.3 is 5.97 Å². The summed E-state index contributed by atoms with van der Waals surface area (Å²) >= 11 is 0. The van der Waals surface area contributed by atoms with E-state index < -0.39 is 24.4 Å². The van der Waals surface area contributed by atoms with Gasteiger partial charge in [-0.2, -0.15) is 0 Å². The zero-order valence-electron chi connectivity index (χ0n) is 19.3. The number of carbonyl (C=O) groups excluding carboxylic acids is 1. The van der Waals surface area contributed by atoms with Gasteiger partial charge in [0.05, 0.1) is 19.8 Å². The number of ether oxygens (including phenoxy) is 3. The third-order valence-electron chi connectivity index (χ3n) is 5.90. The Bertz CT molecular complexity index is 1210. The summed E-state index contributed by atoms with van der Waals surface area (Å²) in [6, 6.07) is 18.3. The van der Waals surface area contributed by atoms with Crippen molar-refractivity contribution < 1.29 is 33.3 Å². The average Bonchev–Trinajstić information content (AvgIpc) is 2.87. The molecule has 0 saturated carbocycles. The summed E-state index contributed by atoms with van der Waals surface area (Å²) in [5.41, 5.74) is 3.07. The molecule has 3 aromatic carbocycles. The third kappa shape index (κ3) is 5.60. The van der Waals surface area contributed by atoms with Crippen molar-refractivity contribution in [2.24, 2.45) is 0 Å². The molecule has 182 valence electrons. The van der Waals surface area contributed by atoms with Crippen molar-refractivity contribution in [3.8, 4) is 11.5 Å². The van der Waals surface area contributed by atoms with Gasteiger partial charge in [0.25, 0.3) is 0 Å². The monoisotopic (exact) mass is 479 g/mol. The SMILES string of the molecule is COc1ccccc1COCC(=O)N1CCc2ccccc2C1c1cc(F)ccc1OCC(=O)O. The lowest BCUT2D eigenvalue weighted by Gasteiger charge is -2.38. The lowest BCUT2D eigenvalue weighted by molar-refractivity contribution is -0.140. The van der Waals surface area contributed by atoms with Gasteiger partial charge in [0.2, 0.25) is 5.91 Å². The molecular weight excluding hydrogens is 453 g/mol. The van der Waals surface area contributed by atoms with Gasteiger partial charge in [-0.3, -0.25) is 4.79 Å². The van der Waals surface area contributed by atoms with Gasteiger partial charge in [-0.15, -0.1) is 0 Å². The van der Waals surface area contributed by atoms with Crippen molar-refractivity contribution in [1.82, 2.24) is 4.90 Å². The van der Waals surface area contributed by atoms with E-state index in [1.807, 2.05) is 48.5 Å². The molecular formula is C27H26FNO6. The summed E-state index contributed by atoms with van der Waals surface area (Å²) in [4.78, 5) is 26.1. The van der Waals surface area contributed by atoms with E-state index in [1.54, 1.807) is 12.0 Å². The number of carboxylic acids is 1. The predicted octanol–water partition coefficient (Wildman–Crippen LogP) is 3.99. The van der Waals surface area contributed by atoms with Crippen molar-refractivity contribution in [3.63, 3.8) is 0 Å². The first-order chi connectivity index (χ1) is 17.0. The minimum absolute atomic E-state index is 0.183. The Morgan fingerprint density at radius 3 is 2.57 bits per heavy atom. The van der Waals surface area contributed by atoms with Gasteiger partial charge in [0.15, 0.2) is 6.61 Å². The first-order valence-corrected chi connectivity index (χ1v) is 11.2. The fraction of sp³-hybridized carbons (Fsp3) is 0.259. The highest BCUT2D eigenvalue weighted by molar-refractivity contribution is 5.79. The zero-order valence-corrected chi connectivity index (χ0v) is 19.3. The quantitative estimate of drug-likeness (QED) is 0.500. The van der Waals surface area contributed by atoms with Crippen LogP contribution in [-0.4, -0.2) is 48.8 Å². The van der Waals surface area contributed by atoms with Crippen molar-refractivity contribution in [2.45, 2.75) is 19.1 Å².